The van der Waals surface area contributed by atoms with Crippen molar-refractivity contribution in [3.8, 4) is 0 Å². The van der Waals surface area contributed by atoms with E-state index in [0.29, 0.717) is 6.42 Å². The molecule has 0 spiro atoms. The van der Waals surface area contributed by atoms with E-state index in [4.69, 9.17) is 19.3 Å². The van der Waals surface area contributed by atoms with Gasteiger partial charge in [-0.3, -0.25) is 9.36 Å². The van der Waals surface area contributed by atoms with Gasteiger partial charge in [-0.1, -0.05) is 39.2 Å². The molecular formula is C15H27O7P. The number of hydrogen-bond donors (Lipinski definition) is 2. The molecule has 0 amide bonds. The van der Waals surface area contributed by atoms with E-state index in [9.17, 15) is 14.2 Å². The Balaban J connectivity index is 4.40. The van der Waals surface area contributed by atoms with Crippen molar-refractivity contribution in [1.82, 2.24) is 0 Å². The normalized spacial score (nSPS) is 12.5. The summed E-state index contributed by atoms with van der Waals surface area (Å²) in [5.74, 6) is -1.47. The Labute approximate surface area is 137 Å². The van der Waals surface area contributed by atoms with Crippen molar-refractivity contribution in [2.75, 3.05) is 6.16 Å². The lowest BCUT2D eigenvalue weighted by Gasteiger charge is -2.18. The van der Waals surface area contributed by atoms with E-state index in [2.05, 4.69) is 13.5 Å². The van der Waals surface area contributed by atoms with Crippen LogP contribution in [-0.2, 0) is 23.6 Å². The van der Waals surface area contributed by atoms with Crippen molar-refractivity contribution in [3.05, 3.63) is 12.2 Å². The van der Waals surface area contributed by atoms with Gasteiger partial charge in [-0.15, -0.1) is 0 Å². The fraction of sp³-hybridized carbons (Fsp3) is 0.733. The second-order valence-corrected chi connectivity index (χ2v) is 7.22. The third kappa shape index (κ3) is 13.0. The summed E-state index contributed by atoms with van der Waals surface area (Å²) in [7, 11) is -4.26. The van der Waals surface area contributed by atoms with Gasteiger partial charge in [-0.25, -0.2) is 4.79 Å². The molecule has 0 rings (SSSR count). The maximum absolute atomic E-state index is 11.6. The molecule has 1 unspecified atom stereocenters. The number of rotatable bonds is 12. The van der Waals surface area contributed by atoms with Crippen molar-refractivity contribution >= 4 is 19.5 Å². The lowest BCUT2D eigenvalue weighted by Crippen LogP contribution is -2.25. The maximum Gasteiger partial charge on any atom is 0.336 e. The molecule has 0 aromatic rings. The Morgan fingerprint density at radius 3 is 2.26 bits per heavy atom. The van der Waals surface area contributed by atoms with E-state index in [0.717, 1.165) is 32.1 Å². The molecule has 1 atom stereocenters. The van der Waals surface area contributed by atoms with Gasteiger partial charge in [0.1, 0.15) is 0 Å². The molecule has 8 heteroatoms. The second kappa shape index (κ2) is 11.4. The van der Waals surface area contributed by atoms with Crippen LogP contribution in [0.1, 0.15) is 58.8 Å². The smallest absolute Gasteiger partial charge is 0.336 e. The molecule has 0 aliphatic heterocycles. The number of unbranched alkanes of at least 4 members (excludes halogenated alkanes) is 4. The van der Waals surface area contributed by atoms with Crippen molar-refractivity contribution < 1.29 is 33.4 Å². The molecule has 0 heterocycles. The van der Waals surface area contributed by atoms with Gasteiger partial charge >= 0.3 is 19.5 Å². The zero-order valence-corrected chi connectivity index (χ0v) is 14.7. The number of esters is 2. The Bertz CT molecular complexity index is 441. The highest BCUT2D eigenvalue weighted by molar-refractivity contribution is 7.51. The molecule has 0 aromatic heterocycles. The van der Waals surface area contributed by atoms with E-state index in [1.807, 2.05) is 0 Å². The van der Waals surface area contributed by atoms with Crippen molar-refractivity contribution in [2.45, 2.75) is 65.1 Å². The zero-order valence-electron chi connectivity index (χ0n) is 13.8. The van der Waals surface area contributed by atoms with Gasteiger partial charge in [0.15, 0.2) is 0 Å². The zero-order chi connectivity index (χ0) is 17.9. The van der Waals surface area contributed by atoms with Crippen LogP contribution in [-0.4, -0.2) is 34.2 Å². The fourth-order valence-electron chi connectivity index (χ4n) is 1.72. The molecular weight excluding hydrogens is 323 g/mol. The minimum absolute atomic E-state index is 0.187. The fourth-order valence-corrected chi connectivity index (χ4v) is 2.19. The van der Waals surface area contributed by atoms with E-state index >= 15 is 0 Å². The Kier molecular flexibility index (Phi) is 10.8. The average Bonchev–Trinajstić information content (AvgIpc) is 2.43. The highest BCUT2D eigenvalue weighted by Crippen LogP contribution is 2.35. The monoisotopic (exact) mass is 350 g/mol. The van der Waals surface area contributed by atoms with Gasteiger partial charge < -0.3 is 19.3 Å². The standard InChI is InChI=1S/C15H27O7P/c1-4-5-6-7-8-9-14(22-15(17)12(2)3)21-13(16)10-11-23(18,19)20/h14H,2,4-11H2,1,3H3,(H2,18,19,20). The van der Waals surface area contributed by atoms with Crippen LogP contribution in [0.2, 0.25) is 0 Å². The van der Waals surface area contributed by atoms with E-state index in [-0.39, 0.29) is 5.57 Å². The highest BCUT2D eigenvalue weighted by Gasteiger charge is 2.22. The van der Waals surface area contributed by atoms with E-state index in [1.54, 1.807) is 0 Å². The molecule has 0 fully saturated rings. The predicted octanol–water partition coefficient (Wildman–Crippen LogP) is 2.90. The second-order valence-electron chi connectivity index (χ2n) is 5.45. The molecule has 0 radical (unpaired) electrons. The van der Waals surface area contributed by atoms with Gasteiger partial charge in [0.2, 0.25) is 6.29 Å². The summed E-state index contributed by atoms with van der Waals surface area (Å²) in [5.41, 5.74) is 0.187. The van der Waals surface area contributed by atoms with Crippen LogP contribution in [0, 0.1) is 0 Å². The van der Waals surface area contributed by atoms with Crippen molar-refractivity contribution in [3.63, 3.8) is 0 Å². The topological polar surface area (TPSA) is 110 Å². The quantitative estimate of drug-likeness (QED) is 0.183. The average molecular weight is 350 g/mol. The number of hydrogen-bond acceptors (Lipinski definition) is 5. The largest absolute Gasteiger partial charge is 0.425 e. The third-order valence-corrected chi connectivity index (χ3v) is 3.81. The molecule has 0 aliphatic rings. The molecule has 0 aromatic carbocycles. The molecule has 134 valence electrons. The summed E-state index contributed by atoms with van der Waals surface area (Å²) >= 11 is 0. The molecule has 0 aliphatic carbocycles. The van der Waals surface area contributed by atoms with Crippen LogP contribution in [0.4, 0.5) is 0 Å². The first-order chi connectivity index (χ1) is 10.7. The summed E-state index contributed by atoms with van der Waals surface area (Å²) in [4.78, 5) is 40.7. The van der Waals surface area contributed by atoms with Crippen LogP contribution in [0.15, 0.2) is 12.2 Å². The van der Waals surface area contributed by atoms with E-state index < -0.39 is 38.4 Å². The highest BCUT2D eigenvalue weighted by atomic mass is 31.2. The van der Waals surface area contributed by atoms with Gasteiger partial charge in [0.05, 0.1) is 12.6 Å². The van der Waals surface area contributed by atoms with Crippen LogP contribution < -0.4 is 0 Å². The first-order valence-electron chi connectivity index (χ1n) is 7.76. The predicted molar refractivity (Wildman–Crippen MR) is 85.7 cm³/mol. The molecule has 2 N–H and O–H groups in total. The first-order valence-corrected chi connectivity index (χ1v) is 9.56. The van der Waals surface area contributed by atoms with Crippen LogP contribution >= 0.6 is 7.60 Å². The van der Waals surface area contributed by atoms with Crippen LogP contribution in [0.25, 0.3) is 0 Å². The Morgan fingerprint density at radius 1 is 1.13 bits per heavy atom. The van der Waals surface area contributed by atoms with Gasteiger partial charge in [-0.2, -0.15) is 0 Å². The van der Waals surface area contributed by atoms with Gasteiger partial charge in [-0.05, 0) is 13.3 Å². The minimum atomic E-state index is -4.26. The van der Waals surface area contributed by atoms with Gasteiger partial charge in [0.25, 0.3) is 0 Å². The third-order valence-electron chi connectivity index (χ3n) is 3.00. The van der Waals surface area contributed by atoms with E-state index in [1.165, 1.54) is 6.92 Å². The summed E-state index contributed by atoms with van der Waals surface area (Å²) < 4.78 is 20.8. The Hall–Kier alpha value is -1.17. The maximum atomic E-state index is 11.6. The number of carbonyl (C=O) groups excluding carboxylic acids is 2. The number of carbonyl (C=O) groups is 2. The SMILES string of the molecule is C=C(C)C(=O)OC(CCCCCCC)OC(=O)CCP(=O)(O)O. The molecule has 0 saturated carbocycles. The summed E-state index contributed by atoms with van der Waals surface area (Å²) in [6, 6.07) is 0. The minimum Gasteiger partial charge on any atom is -0.425 e. The molecule has 0 saturated heterocycles. The van der Waals surface area contributed by atoms with Crippen LogP contribution in [0.5, 0.6) is 0 Å². The Morgan fingerprint density at radius 2 is 1.74 bits per heavy atom. The van der Waals surface area contributed by atoms with Crippen molar-refractivity contribution in [2.24, 2.45) is 0 Å². The lowest BCUT2D eigenvalue weighted by molar-refractivity contribution is -0.186. The summed E-state index contributed by atoms with van der Waals surface area (Å²) in [6.45, 7) is 7.04. The van der Waals surface area contributed by atoms with Crippen LogP contribution in [0.3, 0.4) is 0 Å². The molecule has 23 heavy (non-hydrogen) atoms. The number of ether oxygens (including phenoxy) is 2. The molecule has 0 bridgehead atoms. The van der Waals surface area contributed by atoms with Crippen molar-refractivity contribution in [1.29, 1.82) is 0 Å². The summed E-state index contributed by atoms with van der Waals surface area (Å²) in [5, 5.41) is 0. The summed E-state index contributed by atoms with van der Waals surface area (Å²) in [6.07, 6.45) is 3.18. The first kappa shape index (κ1) is 21.8. The van der Waals surface area contributed by atoms with Gasteiger partial charge in [0, 0.05) is 12.0 Å². The molecule has 7 nitrogen and oxygen atoms in total. The lowest BCUT2D eigenvalue weighted by atomic mass is 10.1.